The molecule has 0 aromatic carbocycles. The van der Waals surface area contributed by atoms with Crippen molar-refractivity contribution in [3.05, 3.63) is 41.1 Å². The summed E-state index contributed by atoms with van der Waals surface area (Å²) in [4.78, 5) is 2.22. The van der Waals surface area contributed by atoms with Crippen LogP contribution in [0.15, 0.2) is 25.8 Å². The molecule has 0 aliphatic carbocycles. The van der Waals surface area contributed by atoms with E-state index in [4.69, 9.17) is 0 Å². The summed E-state index contributed by atoms with van der Waals surface area (Å²) in [7, 11) is 0. The van der Waals surface area contributed by atoms with Gasteiger partial charge in [-0.3, -0.25) is 0 Å². The van der Waals surface area contributed by atoms with E-state index in [1.165, 1.54) is 10.4 Å². The minimum absolute atomic E-state index is 0.402. The predicted molar refractivity (Wildman–Crippen MR) is 77.4 cm³/mol. The monoisotopic (exact) mass is 380 g/mol. The van der Waals surface area contributed by atoms with Gasteiger partial charge in [-0.2, -0.15) is 0 Å². The Balaban J connectivity index is 2.11. The fourth-order valence-corrected chi connectivity index (χ4v) is 4.48. The zero-order valence-corrected chi connectivity index (χ0v) is 13.3. The van der Waals surface area contributed by atoms with Gasteiger partial charge in [0.1, 0.15) is 0 Å². The molecule has 0 bridgehead atoms. The fraction of sp³-hybridized carbons (Fsp3) is 0.273. The minimum Gasteiger partial charge on any atom is -0.387 e. The van der Waals surface area contributed by atoms with Crippen molar-refractivity contribution >= 4 is 54.5 Å². The van der Waals surface area contributed by atoms with Crippen molar-refractivity contribution in [2.75, 3.05) is 0 Å². The molecule has 2 aromatic rings. The predicted octanol–water partition coefficient (Wildman–Crippen LogP) is 4.92. The van der Waals surface area contributed by atoms with E-state index in [9.17, 15) is 5.11 Å². The van der Waals surface area contributed by atoms with Crippen LogP contribution in [0.4, 0.5) is 0 Å². The molecule has 2 rings (SSSR count). The van der Waals surface area contributed by atoms with Gasteiger partial charge in [0.15, 0.2) is 0 Å². The second-order valence-electron chi connectivity index (χ2n) is 3.53. The van der Waals surface area contributed by atoms with Crippen LogP contribution in [0, 0.1) is 6.92 Å². The van der Waals surface area contributed by atoms with Crippen LogP contribution in [0.5, 0.6) is 0 Å². The van der Waals surface area contributed by atoms with Gasteiger partial charge in [0.25, 0.3) is 0 Å². The maximum Gasteiger partial charge on any atom is 0.0930 e. The van der Waals surface area contributed by atoms with Crippen LogP contribution in [-0.4, -0.2) is 5.11 Å². The van der Waals surface area contributed by atoms with Crippen LogP contribution < -0.4 is 0 Å². The van der Waals surface area contributed by atoms with E-state index in [1.54, 1.807) is 22.7 Å². The summed E-state index contributed by atoms with van der Waals surface area (Å²) in [6.07, 6.45) is 0.281. The number of hydrogen-bond acceptors (Lipinski definition) is 3. The lowest BCUT2D eigenvalue weighted by molar-refractivity contribution is 0.183. The Morgan fingerprint density at radius 2 is 2.06 bits per heavy atom. The van der Waals surface area contributed by atoms with Crippen LogP contribution in [0.2, 0.25) is 0 Å². The Kier molecular flexibility index (Phi) is 4.24. The van der Waals surface area contributed by atoms with Crippen LogP contribution in [0.1, 0.15) is 21.4 Å². The number of rotatable bonds is 3. The second-order valence-corrected chi connectivity index (χ2v) is 8.48. The number of thiophene rings is 2. The number of aryl methyl sites for hydroxylation is 1. The molecule has 0 saturated carbocycles. The molecule has 5 heteroatoms. The van der Waals surface area contributed by atoms with E-state index in [-0.39, 0.29) is 0 Å². The van der Waals surface area contributed by atoms with E-state index < -0.39 is 6.10 Å². The van der Waals surface area contributed by atoms with Crippen LogP contribution in [0.25, 0.3) is 0 Å². The van der Waals surface area contributed by atoms with Gasteiger partial charge in [0.2, 0.25) is 0 Å². The third-order valence-electron chi connectivity index (χ3n) is 2.23. The normalized spacial score (nSPS) is 13.0. The molecule has 1 nitrogen and oxygen atoms in total. The van der Waals surface area contributed by atoms with Gasteiger partial charge >= 0.3 is 0 Å². The Bertz CT molecular complexity index is 470. The van der Waals surface area contributed by atoms with E-state index in [0.29, 0.717) is 6.42 Å². The number of halogens is 2. The molecule has 16 heavy (non-hydrogen) atoms. The van der Waals surface area contributed by atoms with Gasteiger partial charge in [0, 0.05) is 16.2 Å². The highest BCUT2D eigenvalue weighted by molar-refractivity contribution is 9.11. The highest BCUT2D eigenvalue weighted by Gasteiger charge is 2.13. The smallest absolute Gasteiger partial charge is 0.0930 e. The second kappa shape index (κ2) is 5.31. The maximum atomic E-state index is 10.1. The number of aliphatic hydroxyl groups is 1. The molecule has 0 aliphatic heterocycles. The first-order chi connectivity index (χ1) is 7.56. The van der Waals surface area contributed by atoms with Crippen molar-refractivity contribution in [3.8, 4) is 0 Å². The molecule has 2 heterocycles. The van der Waals surface area contributed by atoms with Crippen molar-refractivity contribution in [2.45, 2.75) is 19.4 Å². The summed E-state index contributed by atoms with van der Waals surface area (Å²) >= 11 is 10.2. The summed E-state index contributed by atoms with van der Waals surface area (Å²) in [5, 5.41) is 10.1. The summed E-state index contributed by atoms with van der Waals surface area (Å²) in [5.74, 6) is 0. The Morgan fingerprint density at radius 1 is 1.31 bits per heavy atom. The lowest BCUT2D eigenvalue weighted by Gasteiger charge is -2.05. The summed E-state index contributed by atoms with van der Waals surface area (Å²) in [5.41, 5.74) is 1.19. The first-order valence-electron chi connectivity index (χ1n) is 4.74. The van der Waals surface area contributed by atoms with Gasteiger partial charge < -0.3 is 5.11 Å². The highest BCUT2D eigenvalue weighted by Crippen LogP contribution is 2.34. The lowest BCUT2D eigenvalue weighted by atomic mass is 10.2. The minimum atomic E-state index is -0.402. The highest BCUT2D eigenvalue weighted by atomic mass is 79.9. The Hall–Kier alpha value is 0.320. The summed E-state index contributed by atoms with van der Waals surface area (Å²) < 4.78 is 2.21. The average molecular weight is 382 g/mol. The van der Waals surface area contributed by atoms with Crippen molar-refractivity contribution in [1.82, 2.24) is 0 Å². The molecule has 1 unspecified atom stereocenters. The third-order valence-corrected chi connectivity index (χ3v) is 6.11. The zero-order chi connectivity index (χ0) is 11.7. The van der Waals surface area contributed by atoms with Crippen molar-refractivity contribution < 1.29 is 5.11 Å². The first-order valence-corrected chi connectivity index (χ1v) is 7.96. The van der Waals surface area contributed by atoms with Gasteiger partial charge in [0.05, 0.1) is 13.7 Å². The van der Waals surface area contributed by atoms with E-state index in [0.717, 1.165) is 12.4 Å². The van der Waals surface area contributed by atoms with Gasteiger partial charge in [-0.25, -0.2) is 0 Å². The largest absolute Gasteiger partial charge is 0.387 e. The molecule has 1 N–H and O–H groups in total. The van der Waals surface area contributed by atoms with Crippen LogP contribution in [0.3, 0.4) is 0 Å². The molecule has 0 aliphatic rings. The van der Waals surface area contributed by atoms with Crippen LogP contribution >= 0.6 is 54.5 Å². The van der Waals surface area contributed by atoms with Gasteiger partial charge in [-0.05, 0) is 62.5 Å². The van der Waals surface area contributed by atoms with E-state index in [2.05, 4.69) is 31.9 Å². The number of hydrogen-bond donors (Lipinski definition) is 1. The van der Waals surface area contributed by atoms with Crippen molar-refractivity contribution in [3.63, 3.8) is 0 Å². The molecule has 0 fully saturated rings. The molecule has 0 spiro atoms. The third kappa shape index (κ3) is 2.96. The molecule has 0 saturated heterocycles. The molecule has 1 atom stereocenters. The van der Waals surface area contributed by atoms with Gasteiger partial charge in [-0.1, -0.05) is 0 Å². The maximum absolute atomic E-state index is 10.1. The van der Waals surface area contributed by atoms with Crippen molar-refractivity contribution in [2.24, 2.45) is 0 Å². The molecule has 86 valence electrons. The molecular weight excluding hydrogens is 372 g/mol. The molecular formula is C11H10Br2OS2. The molecule has 2 aromatic heterocycles. The first kappa shape index (κ1) is 12.8. The van der Waals surface area contributed by atoms with E-state index in [1.807, 2.05) is 25.1 Å². The fourth-order valence-electron chi connectivity index (χ4n) is 1.40. The van der Waals surface area contributed by atoms with E-state index >= 15 is 0 Å². The van der Waals surface area contributed by atoms with Crippen molar-refractivity contribution in [1.29, 1.82) is 0 Å². The Morgan fingerprint density at radius 3 is 2.56 bits per heavy atom. The molecule has 0 radical (unpaired) electrons. The average Bonchev–Trinajstić information content (AvgIpc) is 2.75. The van der Waals surface area contributed by atoms with Gasteiger partial charge in [-0.15, -0.1) is 22.7 Å². The number of aliphatic hydroxyl groups excluding tert-OH is 1. The zero-order valence-electron chi connectivity index (χ0n) is 8.54. The summed E-state index contributed by atoms with van der Waals surface area (Å²) in [6.45, 7) is 2.04. The standard InChI is InChI=1S/C11H10Br2OS2/c1-6-4-9(16-11(6)13)8(14)5-7-2-3-10(12)15-7/h2-4,8,14H,5H2,1H3. The Labute approximate surface area is 119 Å². The SMILES string of the molecule is Cc1cc(C(O)Cc2ccc(Br)s2)sc1Br. The summed E-state index contributed by atoms with van der Waals surface area (Å²) in [6, 6.07) is 6.11. The van der Waals surface area contributed by atoms with Crippen LogP contribution in [-0.2, 0) is 6.42 Å². The quantitative estimate of drug-likeness (QED) is 0.799. The topological polar surface area (TPSA) is 20.2 Å². The lowest BCUT2D eigenvalue weighted by Crippen LogP contribution is -1.97. The molecule has 0 amide bonds.